The maximum absolute atomic E-state index is 12.5. The Balaban J connectivity index is 0.00000256. The molecule has 2 fully saturated rings. The van der Waals surface area contributed by atoms with Crippen LogP contribution in [0.4, 0.5) is 0 Å². The largest absolute Gasteiger partial charge is 0.493 e. The Hall–Kier alpha value is -2.25. The molecule has 1 saturated heterocycles. The Labute approximate surface area is 183 Å². The van der Waals surface area contributed by atoms with Crippen LogP contribution >= 0.6 is 12.4 Å². The van der Waals surface area contributed by atoms with Crippen LogP contribution in [0, 0.1) is 0 Å². The quantitative estimate of drug-likeness (QED) is 0.697. The fourth-order valence-electron chi connectivity index (χ4n) is 4.10. The van der Waals surface area contributed by atoms with E-state index in [2.05, 4.69) is 15.7 Å². The van der Waals surface area contributed by atoms with Crippen molar-refractivity contribution in [2.45, 2.75) is 57.2 Å². The van der Waals surface area contributed by atoms with E-state index in [1.165, 1.54) is 12.8 Å². The lowest BCUT2D eigenvalue weighted by Gasteiger charge is -2.22. The summed E-state index contributed by atoms with van der Waals surface area (Å²) in [5, 5.41) is 10.8. The lowest BCUT2D eigenvalue weighted by atomic mass is 10.1. The molecule has 0 spiro atoms. The van der Waals surface area contributed by atoms with Crippen molar-refractivity contribution in [1.82, 2.24) is 20.4 Å². The monoisotopic (exact) mass is 434 g/mol. The smallest absolute Gasteiger partial charge is 0.272 e. The van der Waals surface area contributed by atoms with Gasteiger partial charge in [-0.3, -0.25) is 9.48 Å². The molecule has 2 heterocycles. The van der Waals surface area contributed by atoms with Crippen molar-refractivity contribution in [2.75, 3.05) is 20.2 Å². The average molecular weight is 435 g/mol. The van der Waals surface area contributed by atoms with Crippen LogP contribution in [0.5, 0.6) is 11.5 Å². The minimum Gasteiger partial charge on any atom is -0.493 e. The molecule has 2 aromatic rings. The van der Waals surface area contributed by atoms with Gasteiger partial charge < -0.3 is 20.1 Å². The molecule has 1 aliphatic heterocycles. The second kappa shape index (κ2) is 10.7. The third-order valence-corrected chi connectivity index (χ3v) is 5.76. The normalized spacial score (nSPS) is 19.2. The zero-order valence-corrected chi connectivity index (χ0v) is 18.2. The Morgan fingerprint density at radius 2 is 2.03 bits per heavy atom. The highest BCUT2D eigenvalue weighted by molar-refractivity contribution is 5.92. The summed E-state index contributed by atoms with van der Waals surface area (Å²) in [6.45, 7) is 2.37. The third kappa shape index (κ3) is 5.46. The minimum absolute atomic E-state index is 0. The molecule has 1 aromatic heterocycles. The predicted molar refractivity (Wildman–Crippen MR) is 118 cm³/mol. The molecule has 1 unspecified atom stereocenters. The van der Waals surface area contributed by atoms with Crippen molar-refractivity contribution < 1.29 is 14.3 Å². The van der Waals surface area contributed by atoms with Crippen molar-refractivity contribution in [3.63, 3.8) is 0 Å². The fraction of sp³-hybridized carbons (Fsp3) is 0.545. The molecule has 7 nitrogen and oxygen atoms in total. The van der Waals surface area contributed by atoms with E-state index >= 15 is 0 Å². The van der Waals surface area contributed by atoms with Crippen LogP contribution in [0.15, 0.2) is 30.5 Å². The van der Waals surface area contributed by atoms with Crippen molar-refractivity contribution >= 4 is 18.3 Å². The molecule has 1 aliphatic carbocycles. The van der Waals surface area contributed by atoms with Gasteiger partial charge in [-0.1, -0.05) is 6.07 Å². The van der Waals surface area contributed by atoms with E-state index in [4.69, 9.17) is 9.47 Å². The molecule has 1 saturated carbocycles. The van der Waals surface area contributed by atoms with Crippen LogP contribution in [-0.2, 0) is 6.54 Å². The highest BCUT2D eigenvalue weighted by Crippen LogP contribution is 2.32. The first-order chi connectivity index (χ1) is 14.2. The molecule has 8 heteroatoms. The Bertz CT molecular complexity index is 830. The fourth-order valence-corrected chi connectivity index (χ4v) is 4.10. The van der Waals surface area contributed by atoms with Crippen molar-refractivity contribution in [3.8, 4) is 11.5 Å². The summed E-state index contributed by atoms with van der Waals surface area (Å²) >= 11 is 0. The molecular weight excluding hydrogens is 404 g/mol. The van der Waals surface area contributed by atoms with Crippen LogP contribution < -0.4 is 20.1 Å². The Morgan fingerprint density at radius 1 is 1.20 bits per heavy atom. The molecule has 2 N–H and O–H groups in total. The van der Waals surface area contributed by atoms with Crippen molar-refractivity contribution in [1.29, 1.82) is 0 Å². The molecule has 30 heavy (non-hydrogen) atoms. The molecule has 164 valence electrons. The molecule has 0 bridgehead atoms. The van der Waals surface area contributed by atoms with E-state index in [0.29, 0.717) is 18.3 Å². The topological polar surface area (TPSA) is 77.4 Å². The van der Waals surface area contributed by atoms with Gasteiger partial charge in [-0.15, -0.1) is 12.4 Å². The van der Waals surface area contributed by atoms with Gasteiger partial charge in [-0.2, -0.15) is 5.10 Å². The van der Waals surface area contributed by atoms with Gasteiger partial charge in [0.2, 0.25) is 0 Å². The summed E-state index contributed by atoms with van der Waals surface area (Å²) in [5.41, 5.74) is 1.43. The molecule has 1 aromatic carbocycles. The number of carbonyl (C=O) groups is 1. The molecule has 2 aliphatic rings. The standard InChI is InChI=1S/C22H30N4O3.ClH/c1-28-20-9-8-16(13-21(20)29-18-6-2-3-7-18)14-24-22(27)19-10-12-26(25-19)17-5-4-11-23-15-17;/h8-10,12-13,17-18,23H,2-7,11,14-15H2,1H3,(H,24,27);1H. The lowest BCUT2D eigenvalue weighted by molar-refractivity contribution is 0.0944. The number of carbonyl (C=O) groups excluding carboxylic acids is 1. The number of benzene rings is 1. The number of hydrogen-bond donors (Lipinski definition) is 2. The number of ether oxygens (including phenoxy) is 2. The van der Waals surface area contributed by atoms with Crippen LogP contribution in [-0.4, -0.2) is 42.0 Å². The van der Waals surface area contributed by atoms with Crippen LogP contribution in [0.3, 0.4) is 0 Å². The van der Waals surface area contributed by atoms with Gasteiger partial charge >= 0.3 is 0 Å². The Kier molecular flexibility index (Phi) is 7.99. The van der Waals surface area contributed by atoms with Crippen molar-refractivity contribution in [3.05, 3.63) is 41.7 Å². The number of nitrogens with zero attached hydrogens (tertiary/aromatic N) is 2. The number of nitrogens with one attached hydrogen (secondary N) is 2. The van der Waals surface area contributed by atoms with E-state index in [0.717, 1.165) is 55.8 Å². The minimum atomic E-state index is -0.165. The van der Waals surface area contributed by atoms with E-state index in [1.807, 2.05) is 29.1 Å². The number of aromatic nitrogens is 2. The van der Waals surface area contributed by atoms with Gasteiger partial charge in [0, 0.05) is 19.3 Å². The summed E-state index contributed by atoms with van der Waals surface area (Å²) in [6.07, 6.45) is 8.98. The highest BCUT2D eigenvalue weighted by Gasteiger charge is 2.20. The van der Waals surface area contributed by atoms with Gasteiger partial charge in [0.1, 0.15) is 5.69 Å². The summed E-state index contributed by atoms with van der Waals surface area (Å²) in [4.78, 5) is 12.5. The SMILES string of the molecule is COc1ccc(CNC(=O)c2ccn(C3CCCNC3)n2)cc1OC1CCCC1.Cl. The summed E-state index contributed by atoms with van der Waals surface area (Å²) in [5.74, 6) is 1.31. The van der Waals surface area contributed by atoms with Gasteiger partial charge in [0.05, 0.1) is 19.3 Å². The summed E-state index contributed by atoms with van der Waals surface area (Å²) in [7, 11) is 1.65. The first kappa shape index (κ1) is 22.4. The number of rotatable bonds is 7. The summed E-state index contributed by atoms with van der Waals surface area (Å²) in [6, 6.07) is 7.92. The van der Waals surface area contributed by atoms with E-state index < -0.39 is 0 Å². The van der Waals surface area contributed by atoms with Crippen LogP contribution in [0.2, 0.25) is 0 Å². The average Bonchev–Trinajstić information content (AvgIpc) is 3.45. The second-order valence-corrected chi connectivity index (χ2v) is 7.87. The lowest BCUT2D eigenvalue weighted by Crippen LogP contribution is -2.32. The number of piperidine rings is 1. The molecule has 1 amide bonds. The van der Waals surface area contributed by atoms with Gasteiger partial charge in [-0.05, 0) is 68.8 Å². The summed E-state index contributed by atoms with van der Waals surface area (Å²) < 4.78 is 13.5. The molecule has 4 rings (SSSR count). The molecule has 1 atom stereocenters. The first-order valence-electron chi connectivity index (χ1n) is 10.6. The van der Waals surface area contributed by atoms with Crippen molar-refractivity contribution in [2.24, 2.45) is 0 Å². The maximum atomic E-state index is 12.5. The number of methoxy groups -OCH3 is 1. The second-order valence-electron chi connectivity index (χ2n) is 7.87. The first-order valence-corrected chi connectivity index (χ1v) is 10.6. The maximum Gasteiger partial charge on any atom is 0.272 e. The van der Waals surface area contributed by atoms with Gasteiger partial charge in [0.15, 0.2) is 11.5 Å². The zero-order valence-electron chi connectivity index (χ0n) is 17.4. The van der Waals surface area contributed by atoms with Crippen LogP contribution in [0.25, 0.3) is 0 Å². The number of hydrogen-bond acceptors (Lipinski definition) is 5. The third-order valence-electron chi connectivity index (χ3n) is 5.76. The van der Waals surface area contributed by atoms with Crippen LogP contribution in [0.1, 0.15) is 60.6 Å². The molecule has 0 radical (unpaired) electrons. The van der Waals surface area contributed by atoms with Gasteiger partial charge in [0.25, 0.3) is 5.91 Å². The predicted octanol–water partition coefficient (Wildman–Crippen LogP) is 3.49. The van der Waals surface area contributed by atoms with E-state index in [9.17, 15) is 4.79 Å². The zero-order chi connectivity index (χ0) is 20.1. The van der Waals surface area contributed by atoms with E-state index in [-0.39, 0.29) is 24.4 Å². The van der Waals surface area contributed by atoms with E-state index in [1.54, 1.807) is 13.2 Å². The Morgan fingerprint density at radius 3 is 2.77 bits per heavy atom. The molecular formula is C22H31ClN4O3. The van der Waals surface area contributed by atoms with Gasteiger partial charge in [-0.25, -0.2) is 0 Å². The number of amides is 1. The highest BCUT2D eigenvalue weighted by atomic mass is 35.5. The number of halogens is 1.